The summed E-state index contributed by atoms with van der Waals surface area (Å²) < 4.78 is 1.88. The van der Waals surface area contributed by atoms with Crippen molar-refractivity contribution in [3.8, 4) is 0 Å². The first kappa shape index (κ1) is 16.0. The summed E-state index contributed by atoms with van der Waals surface area (Å²) in [6.07, 6.45) is 4.67. The maximum atomic E-state index is 12.4. The Kier molecular flexibility index (Phi) is 4.95. The average Bonchev–Trinajstić information content (AvgIpc) is 3.20. The molecule has 1 atom stereocenters. The van der Waals surface area contributed by atoms with Crippen molar-refractivity contribution >= 4 is 23.4 Å². The topological polar surface area (TPSA) is 72.7 Å². The van der Waals surface area contributed by atoms with Crippen molar-refractivity contribution in [2.24, 2.45) is 0 Å². The number of para-hydroxylation sites is 1. The normalized spacial score (nSPS) is 16.4. The summed E-state index contributed by atoms with van der Waals surface area (Å²) in [5, 5.41) is 15.4. The SMILES string of the molecule is Cc1ccccc1NC(=O)C(C)Sc1nnnn1C1CCCC1. The van der Waals surface area contributed by atoms with E-state index in [1.54, 1.807) is 0 Å². The van der Waals surface area contributed by atoms with Crippen LogP contribution in [0.1, 0.15) is 44.2 Å². The molecule has 1 aromatic heterocycles. The molecule has 1 N–H and O–H groups in total. The van der Waals surface area contributed by atoms with Gasteiger partial charge in [-0.2, -0.15) is 0 Å². The van der Waals surface area contributed by atoms with E-state index < -0.39 is 0 Å². The predicted molar refractivity (Wildman–Crippen MR) is 90.4 cm³/mol. The first-order chi connectivity index (χ1) is 11.1. The number of aryl methyl sites for hydroxylation is 1. The molecule has 122 valence electrons. The third-order valence-corrected chi connectivity index (χ3v) is 5.23. The number of carbonyl (C=O) groups is 1. The molecule has 1 unspecified atom stereocenters. The fourth-order valence-electron chi connectivity index (χ4n) is 2.80. The molecular weight excluding hydrogens is 310 g/mol. The highest BCUT2D eigenvalue weighted by atomic mass is 32.2. The summed E-state index contributed by atoms with van der Waals surface area (Å²) >= 11 is 1.41. The van der Waals surface area contributed by atoms with Crippen LogP contribution in [0.3, 0.4) is 0 Å². The summed E-state index contributed by atoms with van der Waals surface area (Å²) in [6, 6.07) is 8.14. The van der Waals surface area contributed by atoms with Crippen molar-refractivity contribution in [3.05, 3.63) is 29.8 Å². The standard InChI is InChI=1S/C16H21N5OS/c1-11-7-3-6-10-14(11)17-15(22)12(2)23-16-18-19-20-21(16)13-8-4-5-9-13/h3,6-7,10,12-13H,4-5,8-9H2,1-2H3,(H,17,22). The highest BCUT2D eigenvalue weighted by Crippen LogP contribution is 2.32. The van der Waals surface area contributed by atoms with Gasteiger partial charge in [-0.1, -0.05) is 42.8 Å². The summed E-state index contributed by atoms with van der Waals surface area (Å²) in [6.45, 7) is 3.86. The Morgan fingerprint density at radius 1 is 1.35 bits per heavy atom. The Morgan fingerprint density at radius 3 is 2.83 bits per heavy atom. The largest absolute Gasteiger partial charge is 0.325 e. The van der Waals surface area contributed by atoms with Gasteiger partial charge in [-0.05, 0) is 48.7 Å². The van der Waals surface area contributed by atoms with Gasteiger partial charge in [-0.15, -0.1) is 5.10 Å². The maximum Gasteiger partial charge on any atom is 0.237 e. The lowest BCUT2D eigenvalue weighted by Gasteiger charge is -2.15. The van der Waals surface area contributed by atoms with Crippen molar-refractivity contribution < 1.29 is 4.79 Å². The van der Waals surface area contributed by atoms with E-state index in [-0.39, 0.29) is 11.2 Å². The van der Waals surface area contributed by atoms with Crippen molar-refractivity contribution in [2.45, 2.75) is 56.0 Å². The first-order valence-electron chi connectivity index (χ1n) is 7.96. The van der Waals surface area contributed by atoms with Crippen molar-refractivity contribution in [2.75, 3.05) is 5.32 Å². The van der Waals surface area contributed by atoms with Gasteiger partial charge in [0.15, 0.2) is 0 Å². The molecule has 1 saturated carbocycles. The van der Waals surface area contributed by atoms with Crippen LogP contribution in [0.4, 0.5) is 5.69 Å². The van der Waals surface area contributed by atoms with Gasteiger partial charge in [0.05, 0.1) is 11.3 Å². The Balaban J connectivity index is 1.65. The van der Waals surface area contributed by atoms with Crippen LogP contribution in [-0.4, -0.2) is 31.4 Å². The van der Waals surface area contributed by atoms with Gasteiger partial charge in [-0.3, -0.25) is 4.79 Å². The molecule has 2 aromatic rings. The van der Waals surface area contributed by atoms with Crippen LogP contribution >= 0.6 is 11.8 Å². The maximum absolute atomic E-state index is 12.4. The van der Waals surface area contributed by atoms with E-state index in [9.17, 15) is 4.79 Å². The van der Waals surface area contributed by atoms with Crippen LogP contribution in [0.25, 0.3) is 0 Å². The number of hydrogen-bond donors (Lipinski definition) is 1. The molecule has 1 heterocycles. The first-order valence-corrected chi connectivity index (χ1v) is 8.84. The second kappa shape index (κ2) is 7.12. The second-order valence-corrected chi connectivity index (χ2v) is 7.22. The van der Waals surface area contributed by atoms with Gasteiger partial charge in [-0.25, -0.2) is 4.68 Å². The molecule has 0 spiro atoms. The number of aromatic nitrogens is 4. The lowest BCUT2D eigenvalue weighted by Crippen LogP contribution is -2.23. The van der Waals surface area contributed by atoms with Crippen LogP contribution in [0.15, 0.2) is 29.4 Å². The number of anilines is 1. The zero-order chi connectivity index (χ0) is 16.2. The van der Waals surface area contributed by atoms with Crippen molar-refractivity contribution in [3.63, 3.8) is 0 Å². The molecule has 1 aliphatic rings. The van der Waals surface area contributed by atoms with E-state index in [1.165, 1.54) is 24.6 Å². The molecule has 0 radical (unpaired) electrons. The van der Waals surface area contributed by atoms with E-state index in [0.29, 0.717) is 6.04 Å². The zero-order valence-corrected chi connectivity index (χ0v) is 14.2. The molecule has 0 bridgehead atoms. The third kappa shape index (κ3) is 3.72. The minimum Gasteiger partial charge on any atom is -0.325 e. The number of thioether (sulfide) groups is 1. The fourth-order valence-corrected chi connectivity index (χ4v) is 3.66. The van der Waals surface area contributed by atoms with Gasteiger partial charge in [0, 0.05) is 5.69 Å². The molecule has 1 aliphatic carbocycles. The average molecular weight is 331 g/mol. The van der Waals surface area contributed by atoms with E-state index in [1.807, 2.05) is 42.8 Å². The van der Waals surface area contributed by atoms with Crippen LogP contribution in [0.5, 0.6) is 0 Å². The molecule has 6 nitrogen and oxygen atoms in total. The number of carbonyl (C=O) groups excluding carboxylic acids is 1. The molecule has 0 saturated heterocycles. The van der Waals surface area contributed by atoms with Crippen LogP contribution in [-0.2, 0) is 4.79 Å². The van der Waals surface area contributed by atoms with Crippen molar-refractivity contribution in [1.82, 2.24) is 20.2 Å². The Labute approximate surface area is 140 Å². The predicted octanol–water partition coefficient (Wildman–Crippen LogP) is 3.22. The number of nitrogens with one attached hydrogen (secondary N) is 1. The van der Waals surface area contributed by atoms with Gasteiger partial charge < -0.3 is 5.32 Å². The van der Waals surface area contributed by atoms with E-state index >= 15 is 0 Å². The van der Waals surface area contributed by atoms with Crippen LogP contribution in [0, 0.1) is 6.92 Å². The van der Waals surface area contributed by atoms with Crippen LogP contribution in [0.2, 0.25) is 0 Å². The quantitative estimate of drug-likeness (QED) is 0.852. The number of rotatable bonds is 5. The number of hydrogen-bond acceptors (Lipinski definition) is 5. The lowest BCUT2D eigenvalue weighted by molar-refractivity contribution is -0.115. The molecule has 0 aliphatic heterocycles. The number of amides is 1. The summed E-state index contributed by atoms with van der Waals surface area (Å²) in [4.78, 5) is 12.4. The van der Waals surface area contributed by atoms with E-state index in [0.717, 1.165) is 29.2 Å². The lowest BCUT2D eigenvalue weighted by atomic mass is 10.2. The number of nitrogens with zero attached hydrogens (tertiary/aromatic N) is 4. The fraction of sp³-hybridized carbons (Fsp3) is 0.500. The molecule has 1 aromatic carbocycles. The molecule has 1 amide bonds. The Bertz CT molecular complexity index is 681. The van der Waals surface area contributed by atoms with Gasteiger partial charge >= 0.3 is 0 Å². The monoisotopic (exact) mass is 331 g/mol. The van der Waals surface area contributed by atoms with Crippen molar-refractivity contribution in [1.29, 1.82) is 0 Å². The molecule has 23 heavy (non-hydrogen) atoms. The minimum absolute atomic E-state index is 0.0368. The minimum atomic E-state index is -0.263. The van der Waals surface area contributed by atoms with Gasteiger partial charge in [0.25, 0.3) is 0 Å². The third-order valence-electron chi connectivity index (χ3n) is 4.19. The Morgan fingerprint density at radius 2 is 2.09 bits per heavy atom. The number of tetrazole rings is 1. The smallest absolute Gasteiger partial charge is 0.237 e. The molecule has 1 fully saturated rings. The summed E-state index contributed by atoms with van der Waals surface area (Å²) in [5.41, 5.74) is 1.90. The summed E-state index contributed by atoms with van der Waals surface area (Å²) in [7, 11) is 0. The van der Waals surface area contributed by atoms with Gasteiger partial charge in [0.1, 0.15) is 0 Å². The van der Waals surface area contributed by atoms with E-state index in [4.69, 9.17) is 0 Å². The molecule has 3 rings (SSSR count). The second-order valence-electron chi connectivity index (χ2n) is 5.91. The zero-order valence-electron chi connectivity index (χ0n) is 13.4. The van der Waals surface area contributed by atoms with E-state index in [2.05, 4.69) is 20.8 Å². The Hall–Kier alpha value is -1.89. The molecular formula is C16H21N5OS. The van der Waals surface area contributed by atoms with Crippen LogP contribution < -0.4 is 5.32 Å². The van der Waals surface area contributed by atoms with Gasteiger partial charge in [0.2, 0.25) is 11.1 Å². The highest BCUT2D eigenvalue weighted by Gasteiger charge is 2.24. The number of benzene rings is 1. The summed E-state index contributed by atoms with van der Waals surface area (Å²) in [5.74, 6) is -0.0368. The highest BCUT2D eigenvalue weighted by molar-refractivity contribution is 8.00. The molecule has 7 heteroatoms.